The molecule has 15 heavy (non-hydrogen) atoms. The Morgan fingerprint density at radius 3 is 2.73 bits per heavy atom. The largest absolute Gasteiger partial charge is 0.507 e. The van der Waals surface area contributed by atoms with Crippen LogP contribution in [0.2, 0.25) is 0 Å². The third-order valence-corrected chi connectivity index (χ3v) is 2.07. The van der Waals surface area contributed by atoms with E-state index in [0.717, 1.165) is 12.8 Å². The zero-order chi connectivity index (χ0) is 11.1. The number of para-hydroxylation sites is 1. The van der Waals surface area contributed by atoms with E-state index in [9.17, 15) is 9.90 Å². The number of phenols is 1. The molecule has 0 aliphatic rings. The molecule has 4 heteroatoms. The van der Waals surface area contributed by atoms with Crippen molar-refractivity contribution in [2.24, 2.45) is 5.73 Å². The van der Waals surface area contributed by atoms with Crippen LogP contribution in [-0.2, 0) is 0 Å². The second kappa shape index (κ2) is 6.03. The molecule has 0 aliphatic heterocycles. The van der Waals surface area contributed by atoms with Crippen molar-refractivity contribution >= 4 is 5.91 Å². The summed E-state index contributed by atoms with van der Waals surface area (Å²) in [4.78, 5) is 11.5. The Balaban J connectivity index is 2.44. The number of carbonyl (C=O) groups is 1. The van der Waals surface area contributed by atoms with Crippen molar-refractivity contribution in [3.63, 3.8) is 0 Å². The molecular formula is C11H16N2O2. The summed E-state index contributed by atoms with van der Waals surface area (Å²) in [6.07, 6.45) is 1.75. The summed E-state index contributed by atoms with van der Waals surface area (Å²) in [5, 5.41) is 12.1. The first-order valence-electron chi connectivity index (χ1n) is 5.02. The number of amides is 1. The molecule has 0 heterocycles. The molecule has 1 aromatic rings. The standard InChI is InChI=1S/C11H16N2O2/c12-7-3-4-8-13-11(15)9-5-1-2-6-10(9)14/h1-2,5-6,14H,3-4,7-8,12H2,(H,13,15). The van der Waals surface area contributed by atoms with Crippen LogP contribution in [0, 0.1) is 0 Å². The molecule has 0 radical (unpaired) electrons. The van der Waals surface area contributed by atoms with E-state index >= 15 is 0 Å². The van der Waals surface area contributed by atoms with Crippen LogP contribution >= 0.6 is 0 Å². The molecule has 82 valence electrons. The summed E-state index contributed by atoms with van der Waals surface area (Å²) in [5.74, 6) is -0.237. The van der Waals surface area contributed by atoms with Crippen molar-refractivity contribution in [2.45, 2.75) is 12.8 Å². The van der Waals surface area contributed by atoms with E-state index in [4.69, 9.17) is 5.73 Å². The van der Waals surface area contributed by atoms with Crippen molar-refractivity contribution in [2.75, 3.05) is 13.1 Å². The summed E-state index contributed by atoms with van der Waals surface area (Å²) in [5.41, 5.74) is 5.64. The van der Waals surface area contributed by atoms with Gasteiger partial charge in [-0.25, -0.2) is 0 Å². The van der Waals surface area contributed by atoms with E-state index in [-0.39, 0.29) is 11.7 Å². The van der Waals surface area contributed by atoms with Gasteiger partial charge in [0.05, 0.1) is 5.56 Å². The van der Waals surface area contributed by atoms with Gasteiger partial charge in [0, 0.05) is 6.54 Å². The van der Waals surface area contributed by atoms with Gasteiger partial charge in [-0.05, 0) is 31.5 Å². The molecule has 0 bridgehead atoms. The molecule has 0 aliphatic carbocycles. The maximum absolute atomic E-state index is 11.5. The van der Waals surface area contributed by atoms with Crippen molar-refractivity contribution < 1.29 is 9.90 Å². The zero-order valence-corrected chi connectivity index (χ0v) is 8.57. The third-order valence-electron chi connectivity index (χ3n) is 2.07. The lowest BCUT2D eigenvalue weighted by atomic mass is 10.2. The van der Waals surface area contributed by atoms with Crippen LogP contribution in [0.1, 0.15) is 23.2 Å². The van der Waals surface area contributed by atoms with Crippen LogP contribution < -0.4 is 11.1 Å². The van der Waals surface area contributed by atoms with Gasteiger partial charge in [-0.3, -0.25) is 4.79 Å². The highest BCUT2D eigenvalue weighted by Gasteiger charge is 2.08. The van der Waals surface area contributed by atoms with Crippen LogP contribution in [0.3, 0.4) is 0 Å². The van der Waals surface area contributed by atoms with Gasteiger partial charge in [0.1, 0.15) is 5.75 Å². The molecule has 4 nitrogen and oxygen atoms in total. The number of phenolic OH excluding ortho intramolecular Hbond substituents is 1. The summed E-state index contributed by atoms with van der Waals surface area (Å²) in [7, 11) is 0. The summed E-state index contributed by atoms with van der Waals surface area (Å²) < 4.78 is 0. The number of aromatic hydroxyl groups is 1. The topological polar surface area (TPSA) is 75.3 Å². The Morgan fingerprint density at radius 2 is 2.07 bits per heavy atom. The lowest BCUT2D eigenvalue weighted by Crippen LogP contribution is -2.24. The van der Waals surface area contributed by atoms with Crippen LogP contribution in [0.25, 0.3) is 0 Å². The van der Waals surface area contributed by atoms with E-state index in [2.05, 4.69) is 5.32 Å². The molecule has 0 unspecified atom stereocenters. The number of hydrogen-bond acceptors (Lipinski definition) is 3. The average Bonchev–Trinajstić information content (AvgIpc) is 2.25. The number of carbonyl (C=O) groups excluding carboxylic acids is 1. The second-order valence-electron chi connectivity index (χ2n) is 3.27. The van der Waals surface area contributed by atoms with Crippen LogP contribution in [0.4, 0.5) is 0 Å². The van der Waals surface area contributed by atoms with E-state index in [1.807, 2.05) is 0 Å². The predicted molar refractivity (Wildman–Crippen MR) is 58.7 cm³/mol. The number of rotatable bonds is 5. The smallest absolute Gasteiger partial charge is 0.255 e. The third kappa shape index (κ3) is 3.59. The van der Waals surface area contributed by atoms with Crippen LogP contribution in [0.5, 0.6) is 5.75 Å². The van der Waals surface area contributed by atoms with E-state index in [1.54, 1.807) is 18.2 Å². The maximum Gasteiger partial charge on any atom is 0.255 e. The maximum atomic E-state index is 11.5. The highest BCUT2D eigenvalue weighted by molar-refractivity contribution is 5.96. The summed E-state index contributed by atoms with van der Waals surface area (Å²) in [6, 6.07) is 6.48. The molecule has 0 atom stereocenters. The molecule has 0 aromatic heterocycles. The Hall–Kier alpha value is -1.55. The normalized spacial score (nSPS) is 9.93. The van der Waals surface area contributed by atoms with Gasteiger partial charge in [-0.15, -0.1) is 0 Å². The first-order valence-corrected chi connectivity index (χ1v) is 5.02. The Labute approximate surface area is 89.1 Å². The van der Waals surface area contributed by atoms with E-state index in [0.29, 0.717) is 18.7 Å². The van der Waals surface area contributed by atoms with Crippen molar-refractivity contribution in [3.8, 4) is 5.75 Å². The van der Waals surface area contributed by atoms with Crippen molar-refractivity contribution in [1.29, 1.82) is 0 Å². The monoisotopic (exact) mass is 208 g/mol. The number of nitrogens with one attached hydrogen (secondary N) is 1. The molecule has 4 N–H and O–H groups in total. The minimum atomic E-state index is -0.245. The molecule has 1 aromatic carbocycles. The fourth-order valence-electron chi connectivity index (χ4n) is 1.23. The number of unbranched alkanes of at least 4 members (excludes halogenated alkanes) is 1. The lowest BCUT2D eigenvalue weighted by molar-refractivity contribution is 0.0950. The number of nitrogens with two attached hydrogens (primary N) is 1. The van der Waals surface area contributed by atoms with Gasteiger partial charge in [0.2, 0.25) is 0 Å². The number of benzene rings is 1. The molecule has 0 saturated heterocycles. The minimum absolute atomic E-state index is 0.00817. The molecule has 0 fully saturated rings. The Morgan fingerprint density at radius 1 is 1.33 bits per heavy atom. The lowest BCUT2D eigenvalue weighted by Gasteiger charge is -2.05. The average molecular weight is 208 g/mol. The molecule has 1 amide bonds. The molecule has 0 saturated carbocycles. The van der Waals surface area contributed by atoms with Crippen molar-refractivity contribution in [3.05, 3.63) is 29.8 Å². The van der Waals surface area contributed by atoms with E-state index < -0.39 is 0 Å². The summed E-state index contributed by atoms with van der Waals surface area (Å²) >= 11 is 0. The number of hydrogen-bond donors (Lipinski definition) is 3. The predicted octanol–water partition coefficient (Wildman–Crippen LogP) is 0.861. The van der Waals surface area contributed by atoms with Gasteiger partial charge < -0.3 is 16.2 Å². The van der Waals surface area contributed by atoms with Gasteiger partial charge in [-0.1, -0.05) is 12.1 Å². The molecular weight excluding hydrogens is 192 g/mol. The Kier molecular flexibility index (Phi) is 4.63. The SMILES string of the molecule is NCCCCNC(=O)c1ccccc1O. The minimum Gasteiger partial charge on any atom is -0.507 e. The Bertz CT molecular complexity index is 326. The first kappa shape index (κ1) is 11.5. The van der Waals surface area contributed by atoms with Crippen molar-refractivity contribution in [1.82, 2.24) is 5.32 Å². The molecule has 0 spiro atoms. The highest BCUT2D eigenvalue weighted by Crippen LogP contribution is 2.14. The fraction of sp³-hybridized carbons (Fsp3) is 0.364. The first-order chi connectivity index (χ1) is 7.25. The second-order valence-corrected chi connectivity index (χ2v) is 3.27. The van der Waals surface area contributed by atoms with E-state index in [1.165, 1.54) is 6.07 Å². The zero-order valence-electron chi connectivity index (χ0n) is 8.57. The fourth-order valence-corrected chi connectivity index (χ4v) is 1.23. The van der Waals surface area contributed by atoms with Gasteiger partial charge in [0.15, 0.2) is 0 Å². The van der Waals surface area contributed by atoms with Crippen LogP contribution in [-0.4, -0.2) is 24.1 Å². The molecule has 1 rings (SSSR count). The summed E-state index contributed by atoms with van der Waals surface area (Å²) in [6.45, 7) is 1.22. The van der Waals surface area contributed by atoms with Gasteiger partial charge >= 0.3 is 0 Å². The van der Waals surface area contributed by atoms with Gasteiger partial charge in [-0.2, -0.15) is 0 Å². The highest BCUT2D eigenvalue weighted by atomic mass is 16.3. The van der Waals surface area contributed by atoms with Crippen LogP contribution in [0.15, 0.2) is 24.3 Å². The quantitative estimate of drug-likeness (QED) is 0.628. The van der Waals surface area contributed by atoms with Gasteiger partial charge in [0.25, 0.3) is 5.91 Å².